The van der Waals surface area contributed by atoms with Crippen LogP contribution in [-0.2, 0) is 6.54 Å². The number of nitrogens with zero attached hydrogens (tertiary/aromatic N) is 2. The number of methoxy groups -OCH3 is 3. The lowest BCUT2D eigenvalue weighted by Crippen LogP contribution is -2.23. The van der Waals surface area contributed by atoms with Gasteiger partial charge in [0.2, 0.25) is 11.7 Å². The standard InChI is InChI=1S/C19H19N3O5/c1-24-13-8-12(9-14(10-13)25-2)19(23)20-11-17-21-18(22-27-17)15-6-4-5-7-16(15)26-3/h4-10H,11H2,1-3H3,(H,20,23). The van der Waals surface area contributed by atoms with Crippen LogP contribution in [0.2, 0.25) is 0 Å². The molecule has 3 aromatic rings. The van der Waals surface area contributed by atoms with Gasteiger partial charge in [-0.2, -0.15) is 4.98 Å². The number of hydrogen-bond acceptors (Lipinski definition) is 7. The van der Waals surface area contributed by atoms with Gasteiger partial charge in [-0.25, -0.2) is 0 Å². The fraction of sp³-hybridized carbons (Fsp3) is 0.211. The number of nitrogens with one attached hydrogen (secondary N) is 1. The van der Waals surface area contributed by atoms with E-state index in [1.807, 2.05) is 24.3 Å². The van der Waals surface area contributed by atoms with E-state index in [-0.39, 0.29) is 18.3 Å². The van der Waals surface area contributed by atoms with E-state index in [1.54, 1.807) is 25.3 Å². The molecule has 1 amide bonds. The zero-order valence-corrected chi connectivity index (χ0v) is 15.2. The first-order valence-electron chi connectivity index (χ1n) is 8.12. The van der Waals surface area contributed by atoms with Crippen LogP contribution in [0.1, 0.15) is 16.2 Å². The van der Waals surface area contributed by atoms with Crippen LogP contribution in [0, 0.1) is 0 Å². The number of amides is 1. The average Bonchev–Trinajstić information content (AvgIpc) is 3.20. The van der Waals surface area contributed by atoms with E-state index in [0.717, 1.165) is 0 Å². The minimum Gasteiger partial charge on any atom is -0.497 e. The minimum atomic E-state index is -0.316. The van der Waals surface area contributed by atoms with Crippen LogP contribution < -0.4 is 19.5 Å². The van der Waals surface area contributed by atoms with Gasteiger partial charge in [0.1, 0.15) is 17.2 Å². The maximum atomic E-state index is 12.4. The molecule has 0 spiro atoms. The maximum absolute atomic E-state index is 12.4. The fourth-order valence-corrected chi connectivity index (χ4v) is 2.46. The van der Waals surface area contributed by atoms with Gasteiger partial charge >= 0.3 is 0 Å². The number of para-hydroxylation sites is 1. The maximum Gasteiger partial charge on any atom is 0.251 e. The second-order valence-corrected chi connectivity index (χ2v) is 5.50. The van der Waals surface area contributed by atoms with Crippen LogP contribution in [0.25, 0.3) is 11.4 Å². The van der Waals surface area contributed by atoms with Crippen LogP contribution >= 0.6 is 0 Å². The summed E-state index contributed by atoms with van der Waals surface area (Å²) in [5, 5.41) is 6.68. The molecule has 27 heavy (non-hydrogen) atoms. The molecule has 0 fully saturated rings. The van der Waals surface area contributed by atoms with E-state index in [4.69, 9.17) is 18.7 Å². The third-order valence-corrected chi connectivity index (χ3v) is 3.83. The number of rotatable bonds is 7. The molecule has 0 saturated carbocycles. The summed E-state index contributed by atoms with van der Waals surface area (Å²) in [5.74, 6) is 2.03. The molecule has 0 saturated heterocycles. The van der Waals surface area contributed by atoms with Crippen molar-refractivity contribution in [1.29, 1.82) is 0 Å². The van der Waals surface area contributed by atoms with Gasteiger partial charge in [-0.05, 0) is 24.3 Å². The Bertz CT molecular complexity index is 916. The quantitative estimate of drug-likeness (QED) is 0.684. The Kier molecular flexibility index (Phi) is 5.55. The lowest BCUT2D eigenvalue weighted by atomic mass is 10.2. The van der Waals surface area contributed by atoms with Gasteiger partial charge in [0.25, 0.3) is 5.91 Å². The Labute approximate surface area is 156 Å². The van der Waals surface area contributed by atoms with Crippen molar-refractivity contribution in [1.82, 2.24) is 15.5 Å². The van der Waals surface area contributed by atoms with Crippen LogP contribution in [0.3, 0.4) is 0 Å². The van der Waals surface area contributed by atoms with E-state index in [1.165, 1.54) is 14.2 Å². The third kappa shape index (κ3) is 4.17. The fourth-order valence-electron chi connectivity index (χ4n) is 2.46. The first-order valence-corrected chi connectivity index (χ1v) is 8.12. The van der Waals surface area contributed by atoms with Crippen molar-refractivity contribution in [3.05, 3.63) is 53.9 Å². The van der Waals surface area contributed by atoms with Crippen molar-refractivity contribution in [3.8, 4) is 28.6 Å². The van der Waals surface area contributed by atoms with Gasteiger partial charge < -0.3 is 24.1 Å². The van der Waals surface area contributed by atoms with Gasteiger partial charge in [0.05, 0.1) is 33.4 Å². The molecule has 8 nitrogen and oxygen atoms in total. The molecule has 0 aliphatic carbocycles. The van der Waals surface area contributed by atoms with Gasteiger partial charge in [-0.3, -0.25) is 4.79 Å². The number of ether oxygens (including phenoxy) is 3. The Morgan fingerprint density at radius 2 is 1.74 bits per heavy atom. The largest absolute Gasteiger partial charge is 0.497 e. The Morgan fingerprint density at radius 3 is 2.41 bits per heavy atom. The number of carbonyl (C=O) groups excluding carboxylic acids is 1. The molecule has 3 rings (SSSR count). The number of carbonyl (C=O) groups is 1. The van der Waals surface area contributed by atoms with E-state index >= 15 is 0 Å². The lowest BCUT2D eigenvalue weighted by molar-refractivity contribution is 0.0945. The highest BCUT2D eigenvalue weighted by molar-refractivity contribution is 5.95. The minimum absolute atomic E-state index is 0.0838. The molecule has 140 valence electrons. The molecule has 1 heterocycles. The molecular formula is C19H19N3O5. The highest BCUT2D eigenvalue weighted by atomic mass is 16.5. The predicted octanol–water partition coefficient (Wildman–Crippen LogP) is 2.69. The molecule has 1 aromatic heterocycles. The van der Waals surface area contributed by atoms with Crippen molar-refractivity contribution in [2.45, 2.75) is 6.54 Å². The second kappa shape index (κ2) is 8.22. The molecular weight excluding hydrogens is 350 g/mol. The van der Waals surface area contributed by atoms with Crippen molar-refractivity contribution in [3.63, 3.8) is 0 Å². The highest BCUT2D eigenvalue weighted by Crippen LogP contribution is 2.27. The smallest absolute Gasteiger partial charge is 0.251 e. The van der Waals surface area contributed by atoms with E-state index in [2.05, 4.69) is 15.5 Å². The molecule has 0 aliphatic rings. The monoisotopic (exact) mass is 369 g/mol. The number of benzene rings is 2. The third-order valence-electron chi connectivity index (χ3n) is 3.83. The van der Waals surface area contributed by atoms with Gasteiger partial charge in [0, 0.05) is 11.6 Å². The zero-order valence-electron chi connectivity index (χ0n) is 15.2. The van der Waals surface area contributed by atoms with E-state index in [9.17, 15) is 4.79 Å². The van der Waals surface area contributed by atoms with Crippen LogP contribution in [-0.4, -0.2) is 37.4 Å². The summed E-state index contributed by atoms with van der Waals surface area (Å²) in [5.41, 5.74) is 1.11. The Hall–Kier alpha value is -3.55. The summed E-state index contributed by atoms with van der Waals surface area (Å²) < 4.78 is 20.9. The Morgan fingerprint density at radius 1 is 1.04 bits per heavy atom. The Balaban J connectivity index is 1.71. The van der Waals surface area contributed by atoms with Crippen LogP contribution in [0.4, 0.5) is 0 Å². The van der Waals surface area contributed by atoms with Crippen molar-refractivity contribution >= 4 is 5.91 Å². The summed E-state index contributed by atoms with van der Waals surface area (Å²) >= 11 is 0. The molecule has 0 radical (unpaired) electrons. The molecule has 8 heteroatoms. The second-order valence-electron chi connectivity index (χ2n) is 5.50. The summed E-state index contributed by atoms with van der Waals surface area (Å²) in [4.78, 5) is 16.7. The van der Waals surface area contributed by atoms with Crippen LogP contribution in [0.5, 0.6) is 17.2 Å². The van der Waals surface area contributed by atoms with Gasteiger partial charge in [-0.15, -0.1) is 0 Å². The average molecular weight is 369 g/mol. The molecule has 0 atom stereocenters. The summed E-state index contributed by atoms with van der Waals surface area (Å²) in [6, 6.07) is 12.3. The number of hydrogen-bond donors (Lipinski definition) is 1. The van der Waals surface area contributed by atoms with Crippen molar-refractivity contribution < 1.29 is 23.5 Å². The highest BCUT2D eigenvalue weighted by Gasteiger charge is 2.15. The number of aromatic nitrogens is 2. The molecule has 0 unspecified atom stereocenters. The molecule has 1 N–H and O–H groups in total. The topological polar surface area (TPSA) is 95.7 Å². The first kappa shape index (κ1) is 18.2. The summed E-state index contributed by atoms with van der Waals surface area (Å²) in [6.45, 7) is 0.0838. The lowest BCUT2D eigenvalue weighted by Gasteiger charge is -2.08. The van der Waals surface area contributed by atoms with Crippen molar-refractivity contribution in [2.75, 3.05) is 21.3 Å². The van der Waals surface area contributed by atoms with Crippen LogP contribution in [0.15, 0.2) is 47.0 Å². The molecule has 2 aromatic carbocycles. The van der Waals surface area contributed by atoms with E-state index in [0.29, 0.717) is 34.2 Å². The SMILES string of the molecule is COc1cc(OC)cc(C(=O)NCc2nc(-c3ccccc3OC)no2)c1. The summed E-state index contributed by atoms with van der Waals surface area (Å²) in [7, 11) is 4.62. The summed E-state index contributed by atoms with van der Waals surface area (Å²) in [6.07, 6.45) is 0. The predicted molar refractivity (Wildman–Crippen MR) is 97.0 cm³/mol. The van der Waals surface area contributed by atoms with E-state index < -0.39 is 0 Å². The van der Waals surface area contributed by atoms with Gasteiger partial charge in [0.15, 0.2) is 0 Å². The molecule has 0 aliphatic heterocycles. The van der Waals surface area contributed by atoms with Crippen molar-refractivity contribution in [2.24, 2.45) is 0 Å². The van der Waals surface area contributed by atoms with Gasteiger partial charge in [-0.1, -0.05) is 17.3 Å². The first-order chi connectivity index (χ1) is 13.1. The molecule has 0 bridgehead atoms. The zero-order chi connectivity index (χ0) is 19.2. The normalized spacial score (nSPS) is 10.3.